The lowest BCUT2D eigenvalue weighted by molar-refractivity contribution is 0.0596. The fraction of sp³-hybridized carbons (Fsp3) is 0.333. The first-order valence-electron chi connectivity index (χ1n) is 3.14. The number of hydrogen-bond acceptors (Lipinski definition) is 4. The normalized spacial score (nSPS) is 9.92. The Morgan fingerprint density at radius 1 is 1.75 bits per heavy atom. The molecule has 2 N–H and O–H groups in total. The summed E-state index contributed by atoms with van der Waals surface area (Å²) >= 11 is 3.13. The van der Waals surface area contributed by atoms with Crippen LogP contribution in [0.5, 0.6) is 0 Å². The zero-order valence-corrected chi connectivity index (χ0v) is 8.25. The van der Waals surface area contributed by atoms with E-state index in [1.165, 1.54) is 7.11 Å². The predicted molar refractivity (Wildman–Crippen MR) is 46.7 cm³/mol. The van der Waals surface area contributed by atoms with Crippen LogP contribution >= 0.6 is 15.9 Å². The van der Waals surface area contributed by atoms with Gasteiger partial charge < -0.3 is 15.0 Å². The van der Waals surface area contributed by atoms with Gasteiger partial charge in [0.15, 0.2) is 10.4 Å². The van der Waals surface area contributed by atoms with E-state index in [0.717, 1.165) is 0 Å². The van der Waals surface area contributed by atoms with E-state index in [0.29, 0.717) is 4.73 Å². The van der Waals surface area contributed by atoms with Crippen molar-refractivity contribution < 1.29 is 9.53 Å². The van der Waals surface area contributed by atoms with Crippen LogP contribution in [0.1, 0.15) is 10.5 Å². The highest BCUT2D eigenvalue weighted by Crippen LogP contribution is 2.17. The summed E-state index contributed by atoms with van der Waals surface area (Å²) in [6, 6.07) is 0. The molecule has 1 heterocycles. The van der Waals surface area contributed by atoms with E-state index in [2.05, 4.69) is 25.7 Å². The Morgan fingerprint density at radius 2 is 2.33 bits per heavy atom. The van der Waals surface area contributed by atoms with Crippen molar-refractivity contribution in [2.75, 3.05) is 12.8 Å². The van der Waals surface area contributed by atoms with Gasteiger partial charge in [0.2, 0.25) is 0 Å². The molecule has 0 aromatic carbocycles. The van der Waals surface area contributed by atoms with Gasteiger partial charge in [-0.2, -0.15) is 0 Å². The average molecular weight is 234 g/mol. The van der Waals surface area contributed by atoms with Crippen molar-refractivity contribution in [3.63, 3.8) is 0 Å². The number of rotatable bonds is 1. The van der Waals surface area contributed by atoms with Crippen molar-refractivity contribution in [2.45, 2.75) is 0 Å². The lowest BCUT2D eigenvalue weighted by Gasteiger charge is -1.96. The Bertz CT molecular complexity index is 321. The first-order chi connectivity index (χ1) is 5.57. The minimum Gasteiger partial charge on any atom is -0.464 e. The van der Waals surface area contributed by atoms with E-state index in [4.69, 9.17) is 5.73 Å². The minimum absolute atomic E-state index is 0.131. The highest BCUT2D eigenvalue weighted by atomic mass is 79.9. The predicted octanol–water partition coefficient (Wildman–Crippen LogP) is 0.551. The molecule has 12 heavy (non-hydrogen) atoms. The topological polar surface area (TPSA) is 70.1 Å². The van der Waals surface area contributed by atoms with Gasteiger partial charge in [-0.15, -0.1) is 0 Å². The van der Waals surface area contributed by atoms with E-state index in [-0.39, 0.29) is 11.5 Å². The Labute approximate surface area is 77.6 Å². The molecule has 0 amide bonds. The second kappa shape index (κ2) is 3.14. The van der Waals surface area contributed by atoms with Crippen molar-refractivity contribution in [3.05, 3.63) is 10.4 Å². The fourth-order valence-corrected chi connectivity index (χ4v) is 1.10. The number of ether oxygens (including phenoxy) is 1. The molecule has 0 spiro atoms. The van der Waals surface area contributed by atoms with Crippen LogP contribution in [-0.2, 0) is 11.8 Å². The summed E-state index contributed by atoms with van der Waals surface area (Å²) < 4.78 is 6.52. The molecule has 0 aliphatic rings. The van der Waals surface area contributed by atoms with Crippen LogP contribution < -0.4 is 5.73 Å². The monoisotopic (exact) mass is 233 g/mol. The lowest BCUT2D eigenvalue weighted by atomic mass is 10.4. The third-order valence-electron chi connectivity index (χ3n) is 1.46. The number of hydrogen-bond donors (Lipinski definition) is 1. The van der Waals surface area contributed by atoms with E-state index >= 15 is 0 Å². The fourth-order valence-electron chi connectivity index (χ4n) is 0.730. The number of carbonyl (C=O) groups is 1. The first-order valence-corrected chi connectivity index (χ1v) is 3.93. The van der Waals surface area contributed by atoms with Crippen LogP contribution in [0.15, 0.2) is 4.73 Å². The van der Waals surface area contributed by atoms with Gasteiger partial charge in [0.25, 0.3) is 0 Å². The number of nitrogens with two attached hydrogens (primary N) is 1. The molecule has 6 heteroatoms. The maximum atomic E-state index is 11.0. The summed E-state index contributed by atoms with van der Waals surface area (Å²) in [5, 5.41) is 0. The van der Waals surface area contributed by atoms with Gasteiger partial charge in [-0.25, -0.2) is 9.78 Å². The maximum absolute atomic E-state index is 11.0. The summed E-state index contributed by atoms with van der Waals surface area (Å²) in [6.45, 7) is 0. The maximum Gasteiger partial charge on any atom is 0.360 e. The summed E-state index contributed by atoms with van der Waals surface area (Å²) in [7, 11) is 2.98. The highest BCUT2D eigenvalue weighted by Gasteiger charge is 2.17. The summed E-state index contributed by atoms with van der Waals surface area (Å²) in [4.78, 5) is 14.9. The van der Waals surface area contributed by atoms with Gasteiger partial charge in [-0.05, 0) is 15.9 Å². The number of methoxy groups -OCH3 is 1. The molecular weight excluding hydrogens is 226 g/mol. The molecule has 1 aromatic heterocycles. The van der Waals surface area contributed by atoms with Crippen molar-refractivity contribution in [1.82, 2.24) is 9.55 Å². The third kappa shape index (κ3) is 1.29. The van der Waals surface area contributed by atoms with Crippen LogP contribution in [-0.4, -0.2) is 22.6 Å². The summed E-state index contributed by atoms with van der Waals surface area (Å²) in [5.74, 6) is -0.248. The molecule has 1 aromatic rings. The van der Waals surface area contributed by atoms with Gasteiger partial charge in [0.05, 0.1) is 7.11 Å². The molecule has 0 saturated heterocycles. The van der Waals surface area contributed by atoms with Crippen molar-refractivity contribution in [1.29, 1.82) is 0 Å². The van der Waals surface area contributed by atoms with Gasteiger partial charge in [0, 0.05) is 7.05 Å². The zero-order chi connectivity index (χ0) is 9.30. The number of imidazole rings is 1. The number of anilines is 1. The van der Waals surface area contributed by atoms with Crippen LogP contribution in [0.4, 0.5) is 5.82 Å². The van der Waals surface area contributed by atoms with Gasteiger partial charge >= 0.3 is 5.97 Å². The average Bonchev–Trinajstić information content (AvgIpc) is 2.32. The Morgan fingerprint density at radius 3 is 2.67 bits per heavy atom. The molecule has 0 atom stereocenters. The lowest BCUT2D eigenvalue weighted by Crippen LogP contribution is -2.06. The number of halogens is 1. The standard InChI is InChI=1S/C6H8BrN3O2/c1-10-4(8)3(5(11)12-2)9-6(10)7/h8H2,1-2H3. The number of aromatic nitrogens is 2. The second-order valence-electron chi connectivity index (χ2n) is 2.17. The SMILES string of the molecule is COC(=O)c1nc(Br)n(C)c1N. The Hall–Kier alpha value is -1.04. The molecule has 0 radical (unpaired) electrons. The van der Waals surface area contributed by atoms with Crippen molar-refractivity contribution >= 4 is 27.7 Å². The van der Waals surface area contributed by atoms with E-state index in [1.54, 1.807) is 11.6 Å². The minimum atomic E-state index is -0.534. The van der Waals surface area contributed by atoms with E-state index in [9.17, 15) is 4.79 Å². The highest BCUT2D eigenvalue weighted by molar-refractivity contribution is 9.10. The van der Waals surface area contributed by atoms with Gasteiger partial charge in [-0.3, -0.25) is 0 Å². The molecule has 0 aliphatic carbocycles. The summed E-state index contributed by atoms with van der Waals surface area (Å²) in [5.41, 5.74) is 5.68. The van der Waals surface area contributed by atoms with Crippen LogP contribution in [0, 0.1) is 0 Å². The van der Waals surface area contributed by atoms with E-state index < -0.39 is 5.97 Å². The van der Waals surface area contributed by atoms with Gasteiger partial charge in [-0.1, -0.05) is 0 Å². The molecule has 0 fully saturated rings. The zero-order valence-electron chi connectivity index (χ0n) is 6.67. The van der Waals surface area contributed by atoms with Crippen molar-refractivity contribution in [3.8, 4) is 0 Å². The van der Waals surface area contributed by atoms with Gasteiger partial charge in [0.1, 0.15) is 5.82 Å². The van der Waals surface area contributed by atoms with Crippen LogP contribution in [0.25, 0.3) is 0 Å². The molecule has 0 saturated carbocycles. The van der Waals surface area contributed by atoms with Crippen molar-refractivity contribution in [2.24, 2.45) is 7.05 Å². The number of nitrogens with zero attached hydrogens (tertiary/aromatic N) is 2. The number of carbonyl (C=O) groups excluding carboxylic acids is 1. The molecule has 66 valence electrons. The molecular formula is C6H8BrN3O2. The smallest absolute Gasteiger partial charge is 0.360 e. The summed E-state index contributed by atoms with van der Waals surface area (Å²) in [6.07, 6.45) is 0. The first kappa shape index (κ1) is 9.05. The largest absolute Gasteiger partial charge is 0.464 e. The molecule has 0 unspecified atom stereocenters. The van der Waals surface area contributed by atoms with Crippen LogP contribution in [0.3, 0.4) is 0 Å². The molecule has 0 bridgehead atoms. The van der Waals surface area contributed by atoms with Crippen LogP contribution in [0.2, 0.25) is 0 Å². The van der Waals surface area contributed by atoms with E-state index in [1.807, 2.05) is 0 Å². The third-order valence-corrected chi connectivity index (χ3v) is 2.17. The molecule has 1 rings (SSSR count). The Balaban J connectivity index is 3.17. The molecule has 0 aliphatic heterocycles. The number of nitrogen functional groups attached to an aromatic ring is 1. The second-order valence-corrected chi connectivity index (χ2v) is 2.87. The number of esters is 1. The molecule has 5 nitrogen and oxygen atoms in total. The Kier molecular flexibility index (Phi) is 2.37. The quantitative estimate of drug-likeness (QED) is 0.720.